The zero-order chi connectivity index (χ0) is 13.7. The summed E-state index contributed by atoms with van der Waals surface area (Å²) in [6.45, 7) is 2.10. The topological polar surface area (TPSA) is 49.8 Å². The summed E-state index contributed by atoms with van der Waals surface area (Å²) in [7, 11) is 1.64. The molecule has 1 atom stereocenters. The first-order valence-corrected chi connectivity index (χ1v) is 7.24. The van der Waals surface area contributed by atoms with E-state index in [4.69, 9.17) is 9.84 Å². The fourth-order valence-electron chi connectivity index (χ4n) is 2.29. The normalized spacial score (nSPS) is 17.7. The monoisotopic (exact) mass is 281 g/mol. The molecule has 0 saturated carbocycles. The lowest BCUT2D eigenvalue weighted by Gasteiger charge is -2.22. The number of benzene rings is 1. The van der Waals surface area contributed by atoms with Crippen molar-refractivity contribution in [3.05, 3.63) is 29.8 Å². The van der Waals surface area contributed by atoms with E-state index >= 15 is 0 Å². The van der Waals surface area contributed by atoms with Crippen molar-refractivity contribution in [1.29, 1.82) is 0 Å². The van der Waals surface area contributed by atoms with Crippen LogP contribution < -0.4 is 0 Å². The number of thioether (sulfide) groups is 1. The highest BCUT2D eigenvalue weighted by Crippen LogP contribution is 2.36. The van der Waals surface area contributed by atoms with E-state index in [9.17, 15) is 4.79 Å². The van der Waals surface area contributed by atoms with Crippen LogP contribution in [0.15, 0.2) is 29.2 Å². The molecule has 1 aliphatic rings. The van der Waals surface area contributed by atoms with Gasteiger partial charge < -0.3 is 9.84 Å². The van der Waals surface area contributed by atoms with Crippen molar-refractivity contribution in [2.75, 3.05) is 33.4 Å². The highest BCUT2D eigenvalue weighted by atomic mass is 32.2. The minimum Gasteiger partial charge on any atom is -0.480 e. The Morgan fingerprint density at radius 3 is 3.00 bits per heavy atom. The summed E-state index contributed by atoms with van der Waals surface area (Å²) in [5, 5.41) is 9.38. The van der Waals surface area contributed by atoms with Gasteiger partial charge in [0.05, 0.1) is 13.2 Å². The third kappa shape index (κ3) is 4.23. The SMILES string of the molecule is COCCN(CC(=O)O)CC1Cc2ccccc2S1. The lowest BCUT2D eigenvalue weighted by molar-refractivity contribution is -0.138. The predicted octanol–water partition coefficient (Wildman–Crippen LogP) is 1.74. The molecule has 104 valence electrons. The highest BCUT2D eigenvalue weighted by molar-refractivity contribution is 8.00. The molecule has 1 aliphatic heterocycles. The second-order valence-electron chi connectivity index (χ2n) is 4.67. The van der Waals surface area contributed by atoms with E-state index < -0.39 is 5.97 Å². The van der Waals surface area contributed by atoms with Gasteiger partial charge in [0.25, 0.3) is 0 Å². The van der Waals surface area contributed by atoms with Crippen molar-refractivity contribution in [2.24, 2.45) is 0 Å². The lowest BCUT2D eigenvalue weighted by Crippen LogP contribution is -2.37. The largest absolute Gasteiger partial charge is 0.480 e. The van der Waals surface area contributed by atoms with Crippen LogP contribution in [0.4, 0.5) is 0 Å². The Kier molecular flexibility index (Phi) is 5.24. The zero-order valence-corrected chi connectivity index (χ0v) is 11.9. The van der Waals surface area contributed by atoms with Crippen molar-refractivity contribution in [3.8, 4) is 0 Å². The number of ether oxygens (including phenoxy) is 1. The van der Waals surface area contributed by atoms with Crippen molar-refractivity contribution in [3.63, 3.8) is 0 Å². The number of methoxy groups -OCH3 is 1. The van der Waals surface area contributed by atoms with E-state index in [0.717, 1.165) is 13.0 Å². The molecule has 0 radical (unpaired) electrons. The number of carboxylic acids is 1. The lowest BCUT2D eigenvalue weighted by atomic mass is 10.1. The molecule has 0 saturated heterocycles. The van der Waals surface area contributed by atoms with E-state index in [2.05, 4.69) is 18.2 Å². The van der Waals surface area contributed by atoms with Crippen LogP contribution in [0.3, 0.4) is 0 Å². The van der Waals surface area contributed by atoms with Crippen LogP contribution in [-0.4, -0.2) is 54.6 Å². The summed E-state index contributed by atoms with van der Waals surface area (Å²) in [6.07, 6.45) is 1.02. The number of nitrogens with zero attached hydrogens (tertiary/aromatic N) is 1. The summed E-state index contributed by atoms with van der Waals surface area (Å²) >= 11 is 1.85. The van der Waals surface area contributed by atoms with Crippen LogP contribution >= 0.6 is 11.8 Å². The Bertz CT molecular complexity index is 413. The molecule has 1 N–H and O–H groups in total. The Morgan fingerprint density at radius 2 is 2.32 bits per heavy atom. The Balaban J connectivity index is 1.90. The van der Waals surface area contributed by atoms with E-state index in [0.29, 0.717) is 18.4 Å². The molecule has 1 aromatic carbocycles. The average Bonchev–Trinajstić information content (AvgIpc) is 2.77. The molecule has 1 heterocycles. The van der Waals surface area contributed by atoms with Crippen LogP contribution in [-0.2, 0) is 16.0 Å². The molecule has 0 fully saturated rings. The first kappa shape index (κ1) is 14.4. The molecule has 4 nitrogen and oxygen atoms in total. The van der Waals surface area contributed by atoms with Gasteiger partial charge in [-0.2, -0.15) is 0 Å². The second kappa shape index (κ2) is 6.93. The van der Waals surface area contributed by atoms with Crippen LogP contribution in [0.5, 0.6) is 0 Å². The molecule has 1 unspecified atom stereocenters. The number of carbonyl (C=O) groups is 1. The molecule has 0 spiro atoms. The maximum Gasteiger partial charge on any atom is 0.317 e. The standard InChI is InChI=1S/C14H19NO3S/c1-18-7-6-15(10-14(16)17)9-12-8-11-4-2-3-5-13(11)19-12/h2-5,12H,6-10H2,1H3,(H,16,17). The molecule has 0 bridgehead atoms. The summed E-state index contributed by atoms with van der Waals surface area (Å²) in [4.78, 5) is 14.2. The predicted molar refractivity (Wildman–Crippen MR) is 75.7 cm³/mol. The number of hydrogen-bond donors (Lipinski definition) is 1. The van der Waals surface area contributed by atoms with Gasteiger partial charge in [0.1, 0.15) is 0 Å². The number of hydrogen-bond acceptors (Lipinski definition) is 4. The van der Waals surface area contributed by atoms with Gasteiger partial charge in [0.15, 0.2) is 0 Å². The smallest absolute Gasteiger partial charge is 0.317 e. The van der Waals surface area contributed by atoms with Gasteiger partial charge >= 0.3 is 5.97 Å². The van der Waals surface area contributed by atoms with Gasteiger partial charge in [-0.1, -0.05) is 18.2 Å². The fourth-order valence-corrected chi connectivity index (χ4v) is 3.66. The fraction of sp³-hybridized carbons (Fsp3) is 0.500. The minimum atomic E-state index is -0.781. The second-order valence-corrected chi connectivity index (χ2v) is 6.02. The summed E-state index contributed by atoms with van der Waals surface area (Å²) in [5.41, 5.74) is 1.37. The third-order valence-corrected chi connectivity index (χ3v) is 4.45. The average molecular weight is 281 g/mol. The molecule has 0 aliphatic carbocycles. The van der Waals surface area contributed by atoms with Crippen molar-refractivity contribution in [1.82, 2.24) is 4.90 Å². The van der Waals surface area contributed by atoms with Gasteiger partial charge in [0, 0.05) is 30.3 Å². The van der Waals surface area contributed by atoms with Gasteiger partial charge in [-0.15, -0.1) is 11.8 Å². The van der Waals surface area contributed by atoms with Crippen LogP contribution in [0.25, 0.3) is 0 Å². The van der Waals surface area contributed by atoms with E-state index in [1.54, 1.807) is 7.11 Å². The quantitative estimate of drug-likeness (QED) is 0.825. The van der Waals surface area contributed by atoms with Crippen molar-refractivity contribution >= 4 is 17.7 Å². The third-order valence-electron chi connectivity index (χ3n) is 3.15. The molecule has 19 heavy (non-hydrogen) atoms. The highest BCUT2D eigenvalue weighted by Gasteiger charge is 2.24. The molecule has 0 aromatic heterocycles. The molecule has 2 rings (SSSR count). The number of fused-ring (bicyclic) bond motifs is 1. The van der Waals surface area contributed by atoms with Crippen LogP contribution in [0, 0.1) is 0 Å². The number of aliphatic carboxylic acids is 1. The molecule has 5 heteroatoms. The summed E-state index contributed by atoms with van der Waals surface area (Å²) in [5.74, 6) is -0.781. The number of carboxylic acid groups (broad SMARTS) is 1. The maximum atomic E-state index is 10.9. The van der Waals surface area contributed by atoms with E-state index in [1.165, 1.54) is 10.5 Å². The molecule has 0 amide bonds. The van der Waals surface area contributed by atoms with Gasteiger partial charge in [-0.25, -0.2) is 0 Å². The van der Waals surface area contributed by atoms with E-state index in [1.807, 2.05) is 22.7 Å². The van der Waals surface area contributed by atoms with Gasteiger partial charge in [-0.05, 0) is 18.1 Å². The van der Waals surface area contributed by atoms with Crippen LogP contribution in [0.1, 0.15) is 5.56 Å². The van der Waals surface area contributed by atoms with Crippen LogP contribution in [0.2, 0.25) is 0 Å². The van der Waals surface area contributed by atoms with E-state index in [-0.39, 0.29) is 6.54 Å². The Hall–Kier alpha value is -1.04. The van der Waals surface area contributed by atoms with Gasteiger partial charge in [-0.3, -0.25) is 9.69 Å². The molecule has 1 aromatic rings. The molecular weight excluding hydrogens is 262 g/mol. The first-order chi connectivity index (χ1) is 9.19. The Labute approximate surface area is 117 Å². The summed E-state index contributed by atoms with van der Waals surface area (Å²) in [6, 6.07) is 8.39. The minimum absolute atomic E-state index is 0.0801. The maximum absolute atomic E-state index is 10.9. The molecular formula is C14H19NO3S. The number of rotatable bonds is 7. The van der Waals surface area contributed by atoms with Crippen molar-refractivity contribution in [2.45, 2.75) is 16.6 Å². The zero-order valence-electron chi connectivity index (χ0n) is 11.0. The van der Waals surface area contributed by atoms with Crippen molar-refractivity contribution < 1.29 is 14.6 Å². The van der Waals surface area contributed by atoms with Gasteiger partial charge in [0.2, 0.25) is 0 Å². The first-order valence-electron chi connectivity index (χ1n) is 6.36. The Morgan fingerprint density at radius 1 is 1.53 bits per heavy atom. The summed E-state index contributed by atoms with van der Waals surface area (Å²) < 4.78 is 5.04.